The van der Waals surface area contributed by atoms with Crippen molar-refractivity contribution in [2.24, 2.45) is 5.73 Å². The number of aromatic nitrogens is 2. The highest BCUT2D eigenvalue weighted by atomic mass is 16.5. The maximum absolute atomic E-state index is 9.62. The maximum atomic E-state index is 9.62. The van der Waals surface area contributed by atoms with E-state index in [2.05, 4.69) is 16.3 Å². The van der Waals surface area contributed by atoms with E-state index in [1.54, 1.807) is 24.3 Å². The molecule has 122 valence electrons. The first-order valence-electron chi connectivity index (χ1n) is 7.69. The molecule has 1 atom stereocenters. The summed E-state index contributed by atoms with van der Waals surface area (Å²) in [6.45, 7) is 0. The van der Waals surface area contributed by atoms with E-state index in [1.165, 1.54) is 0 Å². The molecule has 1 aliphatic rings. The van der Waals surface area contributed by atoms with Crippen molar-refractivity contribution in [1.82, 2.24) is 10.2 Å². The molecule has 25 heavy (non-hydrogen) atoms. The van der Waals surface area contributed by atoms with Crippen molar-refractivity contribution in [2.75, 3.05) is 0 Å². The predicted molar refractivity (Wildman–Crippen MR) is 91.4 cm³/mol. The highest BCUT2D eigenvalue weighted by Crippen LogP contribution is 2.45. The van der Waals surface area contributed by atoms with Crippen LogP contribution in [0.25, 0.3) is 11.3 Å². The van der Waals surface area contributed by atoms with Crippen LogP contribution in [0.4, 0.5) is 0 Å². The molecule has 3 aromatic rings. The van der Waals surface area contributed by atoms with E-state index in [1.807, 2.05) is 30.3 Å². The van der Waals surface area contributed by atoms with Crippen molar-refractivity contribution < 1.29 is 9.84 Å². The smallest absolute Gasteiger partial charge is 0.244 e. The van der Waals surface area contributed by atoms with Gasteiger partial charge in [0.2, 0.25) is 11.8 Å². The van der Waals surface area contributed by atoms with Crippen LogP contribution in [-0.2, 0) is 0 Å². The molecule has 0 saturated heterocycles. The molecule has 0 bridgehead atoms. The lowest BCUT2D eigenvalue weighted by Gasteiger charge is -2.24. The highest BCUT2D eigenvalue weighted by molar-refractivity contribution is 5.70. The third kappa shape index (κ3) is 2.39. The summed E-state index contributed by atoms with van der Waals surface area (Å²) in [7, 11) is 0. The Kier molecular flexibility index (Phi) is 3.40. The number of phenols is 1. The van der Waals surface area contributed by atoms with Gasteiger partial charge in [0.1, 0.15) is 17.4 Å². The average molecular weight is 330 g/mol. The Morgan fingerprint density at radius 1 is 1.12 bits per heavy atom. The number of aromatic amines is 1. The summed E-state index contributed by atoms with van der Waals surface area (Å²) in [5.74, 6) is 0.123. The van der Waals surface area contributed by atoms with Crippen LogP contribution in [0.15, 0.2) is 66.1 Å². The van der Waals surface area contributed by atoms with E-state index in [4.69, 9.17) is 10.5 Å². The minimum atomic E-state index is -0.427. The zero-order valence-corrected chi connectivity index (χ0v) is 13.1. The fourth-order valence-electron chi connectivity index (χ4n) is 3.07. The second-order valence-electron chi connectivity index (χ2n) is 5.70. The lowest BCUT2D eigenvalue weighted by atomic mass is 9.83. The third-order valence-corrected chi connectivity index (χ3v) is 4.23. The number of rotatable bonds is 2. The number of phenolic OH excluding ortho intramolecular Hbond substituents is 1. The Bertz CT molecular complexity index is 998. The lowest BCUT2D eigenvalue weighted by Crippen LogP contribution is -2.20. The van der Waals surface area contributed by atoms with Crippen LogP contribution in [0.1, 0.15) is 17.0 Å². The fourth-order valence-corrected chi connectivity index (χ4v) is 3.07. The number of nitrogens with two attached hydrogens (primary N) is 1. The number of hydrogen-bond acceptors (Lipinski definition) is 5. The Labute approximate surface area is 143 Å². The molecule has 2 aromatic carbocycles. The van der Waals surface area contributed by atoms with Gasteiger partial charge in [0.05, 0.1) is 17.2 Å². The fraction of sp³-hybridized carbons (Fsp3) is 0.0526. The number of H-pyrrole nitrogens is 1. The number of allylic oxidation sites excluding steroid dienone is 1. The first kappa shape index (κ1) is 14.8. The van der Waals surface area contributed by atoms with Gasteiger partial charge in [0, 0.05) is 0 Å². The van der Waals surface area contributed by atoms with Gasteiger partial charge in [0.15, 0.2) is 0 Å². The summed E-state index contributed by atoms with van der Waals surface area (Å²) in [5, 5.41) is 26.4. The van der Waals surface area contributed by atoms with Crippen LogP contribution in [0, 0.1) is 11.3 Å². The zero-order chi connectivity index (χ0) is 17.4. The predicted octanol–water partition coefficient (Wildman–Crippen LogP) is 3.00. The van der Waals surface area contributed by atoms with E-state index in [0.717, 1.165) is 22.4 Å². The lowest BCUT2D eigenvalue weighted by molar-refractivity contribution is 0.379. The van der Waals surface area contributed by atoms with Gasteiger partial charge in [-0.05, 0) is 23.3 Å². The van der Waals surface area contributed by atoms with Gasteiger partial charge < -0.3 is 15.6 Å². The van der Waals surface area contributed by atoms with Crippen LogP contribution in [-0.4, -0.2) is 15.3 Å². The largest absolute Gasteiger partial charge is 0.508 e. The van der Waals surface area contributed by atoms with Gasteiger partial charge in [-0.15, -0.1) is 5.10 Å². The van der Waals surface area contributed by atoms with Crippen LogP contribution >= 0.6 is 0 Å². The number of fused-ring (bicyclic) bond motifs is 1. The molecule has 4 N–H and O–H groups in total. The third-order valence-electron chi connectivity index (χ3n) is 4.23. The van der Waals surface area contributed by atoms with Gasteiger partial charge >= 0.3 is 0 Å². The summed E-state index contributed by atoms with van der Waals surface area (Å²) >= 11 is 0. The molecular formula is C19H14N4O2. The van der Waals surface area contributed by atoms with Crippen LogP contribution < -0.4 is 10.5 Å². The molecule has 6 nitrogen and oxygen atoms in total. The number of nitrogens with zero attached hydrogens (tertiary/aromatic N) is 2. The molecule has 0 fully saturated rings. The number of hydrogen-bond donors (Lipinski definition) is 3. The minimum Gasteiger partial charge on any atom is -0.508 e. The summed E-state index contributed by atoms with van der Waals surface area (Å²) in [5.41, 5.74) is 9.53. The van der Waals surface area contributed by atoms with E-state index in [0.29, 0.717) is 11.5 Å². The SMILES string of the molecule is N#CC1=C(N)Oc2n[nH]c(-c3ccccc3)c2C1c1ccc(O)cc1. The van der Waals surface area contributed by atoms with Crippen molar-refractivity contribution >= 4 is 0 Å². The maximum Gasteiger partial charge on any atom is 0.244 e. The minimum absolute atomic E-state index is 0.0409. The molecule has 0 saturated carbocycles. The van der Waals surface area contributed by atoms with Gasteiger partial charge in [-0.3, -0.25) is 5.10 Å². The molecular weight excluding hydrogens is 316 g/mol. The summed E-state index contributed by atoms with van der Waals surface area (Å²) in [6, 6.07) is 18.5. The normalized spacial score (nSPS) is 16.0. The molecule has 1 aliphatic heterocycles. The van der Waals surface area contributed by atoms with E-state index < -0.39 is 5.92 Å². The number of nitrogens with one attached hydrogen (secondary N) is 1. The standard InChI is InChI=1S/C19H14N4O2/c20-10-14-15(11-6-8-13(24)9-7-11)16-17(12-4-2-1-3-5-12)22-23-19(16)25-18(14)21/h1-9,15,24H,21H2,(H,22,23). The van der Waals surface area contributed by atoms with Crippen molar-refractivity contribution in [1.29, 1.82) is 5.26 Å². The second-order valence-corrected chi connectivity index (χ2v) is 5.70. The molecule has 0 amide bonds. The highest BCUT2D eigenvalue weighted by Gasteiger charge is 2.35. The Morgan fingerprint density at radius 2 is 1.84 bits per heavy atom. The van der Waals surface area contributed by atoms with Crippen molar-refractivity contribution in [3.05, 3.63) is 77.2 Å². The van der Waals surface area contributed by atoms with Crippen molar-refractivity contribution in [2.45, 2.75) is 5.92 Å². The number of ether oxygens (including phenoxy) is 1. The first-order valence-corrected chi connectivity index (χ1v) is 7.69. The molecule has 1 unspecified atom stereocenters. The second kappa shape index (κ2) is 5.73. The monoisotopic (exact) mass is 330 g/mol. The molecule has 0 aliphatic carbocycles. The Hall–Kier alpha value is -3.72. The van der Waals surface area contributed by atoms with E-state index >= 15 is 0 Å². The van der Waals surface area contributed by atoms with Crippen molar-refractivity contribution in [3.8, 4) is 29.0 Å². The summed E-state index contributed by atoms with van der Waals surface area (Å²) in [6.07, 6.45) is 0. The molecule has 2 heterocycles. The Morgan fingerprint density at radius 3 is 2.52 bits per heavy atom. The van der Waals surface area contributed by atoms with Crippen LogP contribution in [0.2, 0.25) is 0 Å². The Balaban J connectivity index is 1.95. The molecule has 6 heteroatoms. The summed E-state index contributed by atoms with van der Waals surface area (Å²) in [4.78, 5) is 0. The number of aromatic hydroxyl groups is 1. The summed E-state index contributed by atoms with van der Waals surface area (Å²) < 4.78 is 5.56. The first-order chi connectivity index (χ1) is 12.2. The molecule has 0 spiro atoms. The number of nitriles is 1. The van der Waals surface area contributed by atoms with Crippen LogP contribution in [0.5, 0.6) is 11.6 Å². The zero-order valence-electron chi connectivity index (χ0n) is 13.1. The van der Waals surface area contributed by atoms with Gasteiger partial charge in [-0.1, -0.05) is 42.5 Å². The quantitative estimate of drug-likeness (QED) is 0.669. The van der Waals surface area contributed by atoms with Crippen molar-refractivity contribution in [3.63, 3.8) is 0 Å². The van der Waals surface area contributed by atoms with Crippen LogP contribution in [0.3, 0.4) is 0 Å². The van der Waals surface area contributed by atoms with E-state index in [9.17, 15) is 10.4 Å². The average Bonchev–Trinajstić information content (AvgIpc) is 3.05. The molecule has 0 radical (unpaired) electrons. The topological polar surface area (TPSA) is 108 Å². The molecule has 1 aromatic heterocycles. The van der Waals surface area contributed by atoms with Gasteiger partial charge in [-0.2, -0.15) is 5.26 Å². The van der Waals surface area contributed by atoms with Gasteiger partial charge in [-0.25, -0.2) is 0 Å². The molecule has 4 rings (SSSR count). The number of benzene rings is 2. The van der Waals surface area contributed by atoms with E-state index in [-0.39, 0.29) is 11.6 Å². The van der Waals surface area contributed by atoms with Gasteiger partial charge in [0.25, 0.3) is 0 Å².